The second-order valence-corrected chi connectivity index (χ2v) is 2.91. The molecule has 0 bridgehead atoms. The van der Waals surface area contributed by atoms with Crippen molar-refractivity contribution in [2.75, 3.05) is 7.11 Å². The first-order valence-corrected chi connectivity index (χ1v) is 5.21. The SMILES string of the molecule is Brc1ccccc1.CC.COC(C)=O. The van der Waals surface area contributed by atoms with Crippen LogP contribution < -0.4 is 0 Å². The van der Waals surface area contributed by atoms with E-state index >= 15 is 0 Å². The van der Waals surface area contributed by atoms with Crippen molar-refractivity contribution >= 4 is 21.9 Å². The molecule has 0 aliphatic carbocycles. The Hall–Kier alpha value is -0.830. The van der Waals surface area contributed by atoms with Gasteiger partial charge < -0.3 is 4.74 Å². The minimum absolute atomic E-state index is 0.245. The fraction of sp³-hybridized carbons (Fsp3) is 0.364. The molecule has 1 rings (SSSR count). The number of hydrogen-bond acceptors (Lipinski definition) is 2. The Morgan fingerprint density at radius 3 is 1.71 bits per heavy atom. The van der Waals surface area contributed by atoms with Crippen LogP contribution in [0.3, 0.4) is 0 Å². The van der Waals surface area contributed by atoms with E-state index in [0.29, 0.717) is 0 Å². The minimum atomic E-state index is -0.245. The molecule has 0 aliphatic heterocycles. The van der Waals surface area contributed by atoms with Crippen molar-refractivity contribution in [3.05, 3.63) is 34.8 Å². The highest BCUT2D eigenvalue weighted by molar-refractivity contribution is 9.10. The third-order valence-corrected chi connectivity index (χ3v) is 1.55. The molecule has 0 aliphatic rings. The highest BCUT2D eigenvalue weighted by Crippen LogP contribution is 2.05. The van der Waals surface area contributed by atoms with Crippen LogP contribution in [0.5, 0.6) is 0 Å². The van der Waals surface area contributed by atoms with Crippen molar-refractivity contribution in [3.63, 3.8) is 0 Å². The van der Waals surface area contributed by atoms with Crippen molar-refractivity contribution < 1.29 is 9.53 Å². The summed E-state index contributed by atoms with van der Waals surface area (Å²) in [5.74, 6) is -0.245. The topological polar surface area (TPSA) is 26.3 Å². The molecule has 14 heavy (non-hydrogen) atoms. The summed E-state index contributed by atoms with van der Waals surface area (Å²) in [6, 6.07) is 9.97. The summed E-state index contributed by atoms with van der Waals surface area (Å²) in [6.45, 7) is 5.36. The monoisotopic (exact) mass is 260 g/mol. The average molecular weight is 261 g/mol. The summed E-state index contributed by atoms with van der Waals surface area (Å²) < 4.78 is 5.25. The van der Waals surface area contributed by atoms with Gasteiger partial charge in [0.15, 0.2) is 0 Å². The van der Waals surface area contributed by atoms with Gasteiger partial charge in [0.2, 0.25) is 0 Å². The van der Waals surface area contributed by atoms with Crippen molar-refractivity contribution in [1.29, 1.82) is 0 Å². The Labute approximate surface area is 94.4 Å². The highest BCUT2D eigenvalue weighted by atomic mass is 79.9. The predicted molar refractivity (Wildman–Crippen MR) is 63.2 cm³/mol. The molecule has 3 heteroatoms. The smallest absolute Gasteiger partial charge is 0.302 e. The number of halogens is 1. The number of hydrogen-bond donors (Lipinski definition) is 0. The van der Waals surface area contributed by atoms with Crippen molar-refractivity contribution in [2.45, 2.75) is 20.8 Å². The van der Waals surface area contributed by atoms with Crippen molar-refractivity contribution in [3.8, 4) is 0 Å². The van der Waals surface area contributed by atoms with Crippen molar-refractivity contribution in [1.82, 2.24) is 0 Å². The number of rotatable bonds is 0. The first kappa shape index (κ1) is 15.6. The molecule has 1 aromatic rings. The van der Waals surface area contributed by atoms with E-state index in [4.69, 9.17) is 0 Å². The Bertz CT molecular complexity index is 222. The van der Waals surface area contributed by atoms with Gasteiger partial charge in [0, 0.05) is 11.4 Å². The summed E-state index contributed by atoms with van der Waals surface area (Å²) in [7, 11) is 1.35. The molecule has 0 saturated carbocycles. The van der Waals surface area contributed by atoms with Crippen LogP contribution in [-0.2, 0) is 9.53 Å². The number of benzene rings is 1. The molecule has 0 N–H and O–H groups in total. The second kappa shape index (κ2) is 12.2. The molecule has 0 fully saturated rings. The van der Waals surface area contributed by atoms with Gasteiger partial charge in [0.05, 0.1) is 7.11 Å². The van der Waals surface area contributed by atoms with E-state index in [1.165, 1.54) is 14.0 Å². The number of ether oxygens (including phenoxy) is 1. The fourth-order valence-electron chi connectivity index (χ4n) is 0.415. The minimum Gasteiger partial charge on any atom is -0.469 e. The van der Waals surface area contributed by atoms with Gasteiger partial charge >= 0.3 is 5.97 Å². The van der Waals surface area contributed by atoms with E-state index in [2.05, 4.69) is 20.7 Å². The number of carbonyl (C=O) groups excluding carboxylic acids is 1. The van der Waals surface area contributed by atoms with Crippen molar-refractivity contribution in [2.24, 2.45) is 0 Å². The van der Waals surface area contributed by atoms with Crippen LogP contribution in [0, 0.1) is 0 Å². The van der Waals surface area contributed by atoms with Gasteiger partial charge in [0.25, 0.3) is 0 Å². The molecule has 0 amide bonds. The lowest BCUT2D eigenvalue weighted by atomic mass is 10.4. The fourth-order valence-corrected chi connectivity index (χ4v) is 0.720. The van der Waals surface area contributed by atoms with Crippen LogP contribution in [0.4, 0.5) is 0 Å². The maximum absolute atomic E-state index is 9.59. The zero-order chi connectivity index (χ0) is 11.4. The molecule has 0 spiro atoms. The Balaban J connectivity index is 0. The zero-order valence-electron chi connectivity index (χ0n) is 9.08. The Morgan fingerprint density at radius 2 is 1.57 bits per heavy atom. The lowest BCUT2D eigenvalue weighted by molar-refractivity contribution is -0.137. The molecule has 0 radical (unpaired) electrons. The quantitative estimate of drug-likeness (QED) is 0.666. The predicted octanol–water partition coefficient (Wildman–Crippen LogP) is 3.65. The normalized spacial score (nSPS) is 7.21. The summed E-state index contributed by atoms with van der Waals surface area (Å²) >= 11 is 3.31. The van der Waals surface area contributed by atoms with Crippen LogP contribution in [0.2, 0.25) is 0 Å². The molecule has 0 saturated heterocycles. The summed E-state index contributed by atoms with van der Waals surface area (Å²) in [6.07, 6.45) is 0. The molecule has 2 nitrogen and oxygen atoms in total. The molecule has 0 heterocycles. The third kappa shape index (κ3) is 13.7. The highest BCUT2D eigenvalue weighted by Gasteiger charge is 1.75. The lowest BCUT2D eigenvalue weighted by Gasteiger charge is -1.80. The Kier molecular flexibility index (Phi) is 13.6. The van der Waals surface area contributed by atoms with Gasteiger partial charge in [-0.3, -0.25) is 4.79 Å². The largest absolute Gasteiger partial charge is 0.469 e. The van der Waals surface area contributed by atoms with Gasteiger partial charge in [-0.15, -0.1) is 0 Å². The van der Waals surface area contributed by atoms with E-state index in [1.807, 2.05) is 44.2 Å². The maximum Gasteiger partial charge on any atom is 0.302 e. The lowest BCUT2D eigenvalue weighted by Crippen LogP contribution is -1.88. The molecule has 1 aromatic carbocycles. The van der Waals surface area contributed by atoms with Gasteiger partial charge in [0.1, 0.15) is 0 Å². The molecular weight excluding hydrogens is 244 g/mol. The van der Waals surface area contributed by atoms with Crippen LogP contribution in [0.25, 0.3) is 0 Å². The number of methoxy groups -OCH3 is 1. The van der Waals surface area contributed by atoms with Crippen LogP contribution in [-0.4, -0.2) is 13.1 Å². The van der Waals surface area contributed by atoms with E-state index in [-0.39, 0.29) is 5.97 Å². The standard InChI is InChI=1S/C6H5Br.C3H6O2.C2H6/c7-6-4-2-1-3-5-6;1-3(4)5-2;1-2/h1-5H;1-2H3;1-2H3. The summed E-state index contributed by atoms with van der Waals surface area (Å²) in [5, 5.41) is 0. The number of esters is 1. The summed E-state index contributed by atoms with van der Waals surface area (Å²) in [5.41, 5.74) is 0. The van der Waals surface area contributed by atoms with E-state index in [9.17, 15) is 4.79 Å². The first-order valence-electron chi connectivity index (χ1n) is 4.42. The summed E-state index contributed by atoms with van der Waals surface area (Å²) in [4.78, 5) is 9.59. The van der Waals surface area contributed by atoms with E-state index in [1.54, 1.807) is 0 Å². The van der Waals surface area contributed by atoms with Gasteiger partial charge in [-0.05, 0) is 12.1 Å². The molecule has 80 valence electrons. The average Bonchev–Trinajstić information content (AvgIpc) is 2.23. The van der Waals surface area contributed by atoms with Gasteiger partial charge in [-0.25, -0.2) is 0 Å². The first-order chi connectivity index (χ1) is 6.66. The molecule has 0 unspecified atom stereocenters. The maximum atomic E-state index is 9.59. The van der Waals surface area contributed by atoms with Gasteiger partial charge in [-0.1, -0.05) is 48.0 Å². The second-order valence-electron chi connectivity index (χ2n) is 1.99. The van der Waals surface area contributed by atoms with Crippen LogP contribution in [0.15, 0.2) is 34.8 Å². The van der Waals surface area contributed by atoms with E-state index < -0.39 is 0 Å². The Morgan fingerprint density at radius 1 is 1.21 bits per heavy atom. The van der Waals surface area contributed by atoms with Crippen LogP contribution >= 0.6 is 15.9 Å². The molecule has 0 aromatic heterocycles. The van der Waals surface area contributed by atoms with Gasteiger partial charge in [-0.2, -0.15) is 0 Å². The van der Waals surface area contributed by atoms with E-state index in [0.717, 1.165) is 4.47 Å². The molecular formula is C11H17BrO2. The molecule has 0 atom stereocenters. The van der Waals surface area contributed by atoms with Crippen LogP contribution in [0.1, 0.15) is 20.8 Å². The third-order valence-electron chi connectivity index (χ3n) is 1.02. The zero-order valence-corrected chi connectivity index (χ0v) is 10.7. The number of carbonyl (C=O) groups is 1.